The molecule has 2 aromatic carbocycles. The third kappa shape index (κ3) is 5.66. The van der Waals surface area contributed by atoms with Crippen molar-refractivity contribution in [3.8, 4) is 17.2 Å². The number of nitrogens with zero attached hydrogens (tertiary/aromatic N) is 3. The molecule has 0 saturated carbocycles. The van der Waals surface area contributed by atoms with Crippen LogP contribution in [0.4, 0.5) is 5.69 Å². The smallest absolute Gasteiger partial charge is 0.234 e. The summed E-state index contributed by atoms with van der Waals surface area (Å²) in [6.07, 6.45) is -0.367. The SMILES string of the molecule is CCn1c(SCC(=O)Nc2ccc(OC)cc2OC)nnc1C(C)Oc1ccccc1Cl. The summed E-state index contributed by atoms with van der Waals surface area (Å²) < 4.78 is 18.4. The molecule has 1 unspecified atom stereocenters. The van der Waals surface area contributed by atoms with E-state index in [-0.39, 0.29) is 17.8 Å². The van der Waals surface area contributed by atoms with Crippen LogP contribution in [0.2, 0.25) is 5.02 Å². The normalized spacial score (nSPS) is 11.7. The molecule has 3 aromatic rings. The Morgan fingerprint density at radius 2 is 1.94 bits per heavy atom. The highest BCUT2D eigenvalue weighted by atomic mass is 35.5. The van der Waals surface area contributed by atoms with E-state index in [1.54, 1.807) is 37.4 Å². The van der Waals surface area contributed by atoms with E-state index in [1.807, 2.05) is 30.5 Å². The Morgan fingerprint density at radius 3 is 2.62 bits per heavy atom. The van der Waals surface area contributed by atoms with Crippen molar-refractivity contribution in [2.24, 2.45) is 0 Å². The maximum atomic E-state index is 12.5. The van der Waals surface area contributed by atoms with Gasteiger partial charge in [-0.1, -0.05) is 35.5 Å². The molecule has 3 rings (SSSR count). The molecule has 1 amide bonds. The second-order valence-electron chi connectivity index (χ2n) is 6.68. The Balaban J connectivity index is 1.65. The first-order valence-electron chi connectivity index (χ1n) is 9.95. The van der Waals surface area contributed by atoms with Crippen LogP contribution in [0.3, 0.4) is 0 Å². The summed E-state index contributed by atoms with van der Waals surface area (Å²) in [5.41, 5.74) is 0.568. The van der Waals surface area contributed by atoms with Crippen molar-refractivity contribution in [2.45, 2.75) is 31.7 Å². The zero-order valence-corrected chi connectivity index (χ0v) is 19.9. The van der Waals surface area contributed by atoms with Crippen LogP contribution < -0.4 is 19.5 Å². The number of anilines is 1. The van der Waals surface area contributed by atoms with Gasteiger partial charge in [-0.3, -0.25) is 4.79 Å². The Bertz CT molecular complexity index is 1080. The number of carbonyl (C=O) groups is 1. The highest BCUT2D eigenvalue weighted by molar-refractivity contribution is 7.99. The second-order valence-corrected chi connectivity index (χ2v) is 8.03. The van der Waals surface area contributed by atoms with Gasteiger partial charge in [0.2, 0.25) is 5.91 Å². The molecule has 1 N–H and O–H groups in total. The Hall–Kier alpha value is -2.91. The third-order valence-corrected chi connectivity index (χ3v) is 5.86. The first-order chi connectivity index (χ1) is 15.5. The molecule has 0 aliphatic heterocycles. The summed E-state index contributed by atoms with van der Waals surface area (Å²) in [7, 11) is 3.11. The average molecular weight is 477 g/mol. The molecule has 1 aromatic heterocycles. The van der Waals surface area contributed by atoms with Crippen molar-refractivity contribution in [1.82, 2.24) is 14.8 Å². The number of halogens is 1. The van der Waals surface area contributed by atoms with Crippen molar-refractivity contribution in [1.29, 1.82) is 0 Å². The molecule has 1 atom stereocenters. The summed E-state index contributed by atoms with van der Waals surface area (Å²) in [5, 5.41) is 12.5. The molecule has 1 heterocycles. The average Bonchev–Trinajstić information content (AvgIpc) is 3.22. The van der Waals surface area contributed by atoms with E-state index in [2.05, 4.69) is 15.5 Å². The molecule has 0 aliphatic carbocycles. The summed E-state index contributed by atoms with van der Waals surface area (Å²) in [4.78, 5) is 12.5. The number of amides is 1. The fourth-order valence-electron chi connectivity index (χ4n) is 3.01. The summed E-state index contributed by atoms with van der Waals surface area (Å²) in [6, 6.07) is 12.5. The summed E-state index contributed by atoms with van der Waals surface area (Å²) >= 11 is 7.49. The number of para-hydroxylation sites is 1. The topological polar surface area (TPSA) is 87.5 Å². The van der Waals surface area contributed by atoms with Crippen LogP contribution >= 0.6 is 23.4 Å². The van der Waals surface area contributed by atoms with Gasteiger partial charge in [0, 0.05) is 12.6 Å². The zero-order valence-electron chi connectivity index (χ0n) is 18.3. The van der Waals surface area contributed by atoms with Crippen LogP contribution in [-0.4, -0.2) is 40.6 Å². The van der Waals surface area contributed by atoms with Gasteiger partial charge in [0.05, 0.1) is 30.7 Å². The summed E-state index contributed by atoms with van der Waals surface area (Å²) in [6.45, 7) is 4.51. The van der Waals surface area contributed by atoms with E-state index in [4.69, 9.17) is 25.8 Å². The molecule has 0 spiro atoms. The molecule has 0 aliphatic rings. The number of carbonyl (C=O) groups excluding carboxylic acids is 1. The number of thioether (sulfide) groups is 1. The monoisotopic (exact) mass is 476 g/mol. The molecular weight excluding hydrogens is 452 g/mol. The van der Waals surface area contributed by atoms with Crippen molar-refractivity contribution < 1.29 is 19.0 Å². The second kappa shape index (κ2) is 11.1. The highest BCUT2D eigenvalue weighted by Gasteiger charge is 2.20. The van der Waals surface area contributed by atoms with Gasteiger partial charge in [-0.25, -0.2) is 0 Å². The number of rotatable bonds is 10. The quantitative estimate of drug-likeness (QED) is 0.419. The first-order valence-corrected chi connectivity index (χ1v) is 11.3. The standard InChI is InChI=1S/C22H25ClN4O4S/c1-5-27-21(14(2)31-18-9-7-6-8-16(18)23)25-26-22(27)32-13-20(28)24-17-11-10-15(29-3)12-19(17)30-4/h6-12,14H,5,13H2,1-4H3,(H,24,28). The van der Waals surface area contributed by atoms with E-state index in [9.17, 15) is 4.79 Å². The Kier molecular flexibility index (Phi) is 8.24. The lowest BCUT2D eigenvalue weighted by Crippen LogP contribution is -2.16. The molecule has 8 nitrogen and oxygen atoms in total. The number of nitrogens with one attached hydrogen (secondary N) is 1. The van der Waals surface area contributed by atoms with Gasteiger partial charge in [-0.2, -0.15) is 0 Å². The maximum Gasteiger partial charge on any atom is 0.234 e. The maximum absolute atomic E-state index is 12.5. The number of benzene rings is 2. The van der Waals surface area contributed by atoms with E-state index < -0.39 is 0 Å². The molecule has 32 heavy (non-hydrogen) atoms. The largest absolute Gasteiger partial charge is 0.497 e. The lowest BCUT2D eigenvalue weighted by Gasteiger charge is -2.16. The van der Waals surface area contributed by atoms with E-state index >= 15 is 0 Å². The fourth-order valence-corrected chi connectivity index (χ4v) is 4.00. The predicted octanol–water partition coefficient (Wildman–Crippen LogP) is 4.84. The van der Waals surface area contributed by atoms with Crippen LogP contribution in [0.5, 0.6) is 17.2 Å². The lowest BCUT2D eigenvalue weighted by molar-refractivity contribution is -0.113. The van der Waals surface area contributed by atoms with E-state index in [0.717, 1.165) is 0 Å². The minimum absolute atomic E-state index is 0.160. The fraction of sp³-hybridized carbons (Fsp3) is 0.318. The van der Waals surface area contributed by atoms with Crippen molar-refractivity contribution in [3.63, 3.8) is 0 Å². The van der Waals surface area contributed by atoms with Gasteiger partial charge >= 0.3 is 0 Å². The van der Waals surface area contributed by atoms with Gasteiger partial charge in [0.1, 0.15) is 17.2 Å². The van der Waals surface area contributed by atoms with Gasteiger partial charge in [-0.15, -0.1) is 10.2 Å². The van der Waals surface area contributed by atoms with Gasteiger partial charge in [0.15, 0.2) is 17.1 Å². The third-order valence-electron chi connectivity index (χ3n) is 4.58. The van der Waals surface area contributed by atoms with Gasteiger partial charge < -0.3 is 24.1 Å². The molecule has 0 radical (unpaired) electrons. The number of hydrogen-bond donors (Lipinski definition) is 1. The number of methoxy groups -OCH3 is 2. The molecule has 10 heteroatoms. The molecule has 170 valence electrons. The van der Waals surface area contributed by atoms with Crippen LogP contribution in [-0.2, 0) is 11.3 Å². The van der Waals surface area contributed by atoms with Crippen LogP contribution in [0.1, 0.15) is 25.8 Å². The van der Waals surface area contributed by atoms with Gasteiger partial charge in [0.25, 0.3) is 0 Å². The number of ether oxygens (including phenoxy) is 3. The lowest BCUT2D eigenvalue weighted by atomic mass is 10.2. The highest BCUT2D eigenvalue weighted by Crippen LogP contribution is 2.31. The first kappa shape index (κ1) is 23.7. The minimum atomic E-state index is -0.367. The van der Waals surface area contributed by atoms with E-state index in [1.165, 1.54) is 18.9 Å². The molecule has 0 bridgehead atoms. The van der Waals surface area contributed by atoms with Crippen LogP contribution in [0.25, 0.3) is 0 Å². The number of hydrogen-bond acceptors (Lipinski definition) is 7. The van der Waals surface area contributed by atoms with Crippen LogP contribution in [0.15, 0.2) is 47.6 Å². The molecule has 0 fully saturated rings. The Morgan fingerprint density at radius 1 is 1.16 bits per heavy atom. The predicted molar refractivity (Wildman–Crippen MR) is 125 cm³/mol. The van der Waals surface area contributed by atoms with Crippen molar-refractivity contribution in [3.05, 3.63) is 53.3 Å². The van der Waals surface area contributed by atoms with Crippen molar-refractivity contribution >= 4 is 35.0 Å². The minimum Gasteiger partial charge on any atom is -0.497 e. The zero-order chi connectivity index (χ0) is 23.1. The van der Waals surface area contributed by atoms with Crippen molar-refractivity contribution in [2.75, 3.05) is 25.3 Å². The Labute approximate surface area is 196 Å². The molecule has 0 saturated heterocycles. The van der Waals surface area contributed by atoms with E-state index in [0.29, 0.717) is 45.5 Å². The number of aromatic nitrogens is 3. The summed E-state index contributed by atoms with van der Waals surface area (Å²) in [5.74, 6) is 2.37. The van der Waals surface area contributed by atoms with Gasteiger partial charge in [-0.05, 0) is 38.1 Å². The molecular formula is C22H25ClN4O4S. The van der Waals surface area contributed by atoms with Crippen LogP contribution in [0, 0.1) is 0 Å².